The van der Waals surface area contributed by atoms with Gasteiger partial charge in [-0.15, -0.1) is 11.3 Å². The number of anilines is 1. The molecule has 28 heavy (non-hydrogen) atoms. The molecule has 142 valence electrons. The Bertz CT molecular complexity index is 1040. The first-order valence-electron chi connectivity index (χ1n) is 8.99. The second-order valence-corrected chi connectivity index (χ2v) is 7.73. The van der Waals surface area contributed by atoms with Gasteiger partial charge in [0, 0.05) is 10.9 Å². The Morgan fingerprint density at radius 2 is 1.93 bits per heavy atom. The lowest BCUT2D eigenvalue weighted by Crippen LogP contribution is -2.27. The highest BCUT2D eigenvalue weighted by molar-refractivity contribution is 7.14. The van der Waals surface area contributed by atoms with Gasteiger partial charge in [0.05, 0.1) is 18.2 Å². The Balaban J connectivity index is 1.33. The maximum atomic E-state index is 13.0. The summed E-state index contributed by atoms with van der Waals surface area (Å²) in [5.41, 5.74) is 2.26. The average molecular weight is 394 g/mol. The summed E-state index contributed by atoms with van der Waals surface area (Å²) in [4.78, 5) is 17.6. The molecule has 0 bridgehead atoms. The first kappa shape index (κ1) is 17.1. The number of amides is 1. The van der Waals surface area contributed by atoms with Gasteiger partial charge in [-0.05, 0) is 54.8 Å². The highest BCUT2D eigenvalue weighted by atomic mass is 32.1. The number of nitrogens with one attached hydrogen (secondary N) is 1. The van der Waals surface area contributed by atoms with E-state index < -0.39 is 5.41 Å². The fourth-order valence-electron chi connectivity index (χ4n) is 3.41. The first-order valence-corrected chi connectivity index (χ1v) is 9.87. The minimum absolute atomic E-state index is 0.0259. The van der Waals surface area contributed by atoms with Crippen molar-refractivity contribution < 1.29 is 19.0 Å². The van der Waals surface area contributed by atoms with Crippen molar-refractivity contribution in [3.8, 4) is 28.5 Å². The molecule has 2 heterocycles. The zero-order valence-electron chi connectivity index (χ0n) is 15.2. The SMILES string of the molecule is COc1ccc(-c2csc(NC(=O)C3(c4ccc5c(c4)OCO5)CC3)n2)cc1. The number of aromatic nitrogens is 1. The molecule has 2 aliphatic rings. The predicted molar refractivity (Wildman–Crippen MR) is 106 cm³/mol. The van der Waals surface area contributed by atoms with E-state index in [1.165, 1.54) is 11.3 Å². The molecule has 3 aromatic rings. The van der Waals surface area contributed by atoms with E-state index in [9.17, 15) is 4.79 Å². The van der Waals surface area contributed by atoms with E-state index in [1.807, 2.05) is 47.8 Å². The molecular formula is C21H18N2O4S. The van der Waals surface area contributed by atoms with Gasteiger partial charge in [-0.1, -0.05) is 6.07 Å². The van der Waals surface area contributed by atoms with E-state index in [0.717, 1.165) is 41.2 Å². The zero-order valence-corrected chi connectivity index (χ0v) is 16.0. The summed E-state index contributed by atoms with van der Waals surface area (Å²) < 4.78 is 16.0. The van der Waals surface area contributed by atoms with Crippen LogP contribution >= 0.6 is 11.3 Å². The highest BCUT2D eigenvalue weighted by Crippen LogP contribution is 2.51. The van der Waals surface area contributed by atoms with Crippen molar-refractivity contribution in [3.63, 3.8) is 0 Å². The molecule has 1 aromatic heterocycles. The summed E-state index contributed by atoms with van der Waals surface area (Å²) in [5.74, 6) is 2.20. The summed E-state index contributed by atoms with van der Waals surface area (Å²) in [5, 5.41) is 5.54. The van der Waals surface area contributed by atoms with E-state index in [-0.39, 0.29) is 12.7 Å². The molecule has 1 aliphatic carbocycles. The third kappa shape index (κ3) is 2.88. The van der Waals surface area contributed by atoms with E-state index in [0.29, 0.717) is 10.9 Å². The fraction of sp³-hybridized carbons (Fsp3) is 0.238. The topological polar surface area (TPSA) is 69.7 Å². The van der Waals surface area contributed by atoms with Gasteiger partial charge in [0.25, 0.3) is 0 Å². The Hall–Kier alpha value is -3.06. The largest absolute Gasteiger partial charge is 0.497 e. The average Bonchev–Trinajstić information content (AvgIpc) is 3.19. The quantitative estimate of drug-likeness (QED) is 0.702. The lowest BCUT2D eigenvalue weighted by atomic mass is 9.94. The maximum Gasteiger partial charge on any atom is 0.236 e. The molecule has 0 saturated heterocycles. The molecule has 1 saturated carbocycles. The van der Waals surface area contributed by atoms with Gasteiger partial charge in [-0.3, -0.25) is 4.79 Å². The Kier molecular flexibility index (Phi) is 3.98. The van der Waals surface area contributed by atoms with Gasteiger partial charge >= 0.3 is 0 Å². The summed E-state index contributed by atoms with van der Waals surface area (Å²) in [6, 6.07) is 13.4. The predicted octanol–water partition coefficient (Wildman–Crippen LogP) is 4.22. The summed E-state index contributed by atoms with van der Waals surface area (Å²) >= 11 is 1.42. The molecule has 1 amide bonds. The normalized spacial score (nSPS) is 15.9. The van der Waals surface area contributed by atoms with Gasteiger partial charge in [0.2, 0.25) is 12.7 Å². The molecule has 1 N–H and O–H groups in total. The molecule has 5 rings (SSSR count). The number of carbonyl (C=O) groups excluding carboxylic acids is 1. The van der Waals surface area contributed by atoms with E-state index in [1.54, 1.807) is 7.11 Å². The second-order valence-electron chi connectivity index (χ2n) is 6.87. The molecule has 1 fully saturated rings. The second kappa shape index (κ2) is 6.53. The number of fused-ring (bicyclic) bond motifs is 1. The Morgan fingerprint density at radius 1 is 1.14 bits per heavy atom. The lowest BCUT2D eigenvalue weighted by Gasteiger charge is -2.15. The monoisotopic (exact) mass is 394 g/mol. The number of benzene rings is 2. The van der Waals surface area contributed by atoms with Gasteiger partial charge in [-0.2, -0.15) is 0 Å². The highest BCUT2D eigenvalue weighted by Gasteiger charge is 2.52. The molecule has 0 atom stereocenters. The fourth-order valence-corrected chi connectivity index (χ4v) is 4.12. The lowest BCUT2D eigenvalue weighted by molar-refractivity contribution is -0.118. The van der Waals surface area contributed by atoms with Crippen molar-refractivity contribution in [2.24, 2.45) is 0 Å². The van der Waals surface area contributed by atoms with Crippen molar-refractivity contribution in [1.82, 2.24) is 4.98 Å². The van der Waals surface area contributed by atoms with Crippen LogP contribution < -0.4 is 19.5 Å². The minimum Gasteiger partial charge on any atom is -0.497 e. The third-order valence-electron chi connectivity index (χ3n) is 5.22. The van der Waals surface area contributed by atoms with Crippen LogP contribution in [0, 0.1) is 0 Å². The summed E-state index contributed by atoms with van der Waals surface area (Å²) in [6.45, 7) is 0.227. The third-order valence-corrected chi connectivity index (χ3v) is 5.98. The van der Waals surface area contributed by atoms with Crippen molar-refractivity contribution in [3.05, 3.63) is 53.4 Å². The van der Waals surface area contributed by atoms with Crippen LogP contribution in [-0.4, -0.2) is 24.8 Å². The van der Waals surface area contributed by atoms with Crippen LogP contribution in [0.3, 0.4) is 0 Å². The number of thiazole rings is 1. The summed E-state index contributed by atoms with van der Waals surface area (Å²) in [6.07, 6.45) is 1.63. The van der Waals surface area contributed by atoms with Crippen molar-refractivity contribution in [2.45, 2.75) is 18.3 Å². The number of methoxy groups -OCH3 is 1. The van der Waals surface area contributed by atoms with Crippen molar-refractivity contribution in [1.29, 1.82) is 0 Å². The number of hydrogen-bond acceptors (Lipinski definition) is 6. The molecule has 6 nitrogen and oxygen atoms in total. The van der Waals surface area contributed by atoms with Crippen LogP contribution in [0.25, 0.3) is 11.3 Å². The number of rotatable bonds is 5. The molecular weight excluding hydrogens is 376 g/mol. The number of ether oxygens (including phenoxy) is 3. The Labute approximate surface area is 166 Å². The first-order chi connectivity index (χ1) is 13.7. The maximum absolute atomic E-state index is 13.0. The van der Waals surface area contributed by atoms with Crippen LogP contribution in [0.4, 0.5) is 5.13 Å². The van der Waals surface area contributed by atoms with Crippen LogP contribution in [0.1, 0.15) is 18.4 Å². The standard InChI is InChI=1S/C21H18N2O4S/c1-25-15-5-2-13(3-6-15)16-11-28-20(22-16)23-19(24)21(8-9-21)14-4-7-17-18(10-14)27-12-26-17/h2-7,10-11H,8-9,12H2,1H3,(H,22,23,24). The number of nitrogens with zero attached hydrogens (tertiary/aromatic N) is 1. The van der Waals surface area contributed by atoms with E-state index in [2.05, 4.69) is 10.3 Å². The number of carbonyl (C=O) groups is 1. The van der Waals surface area contributed by atoms with Crippen LogP contribution in [0.5, 0.6) is 17.2 Å². The van der Waals surface area contributed by atoms with Crippen LogP contribution in [0.2, 0.25) is 0 Å². The van der Waals surface area contributed by atoms with Crippen LogP contribution in [0.15, 0.2) is 47.8 Å². The van der Waals surface area contributed by atoms with Gasteiger partial charge in [0.15, 0.2) is 16.6 Å². The molecule has 0 radical (unpaired) electrons. The van der Waals surface area contributed by atoms with Crippen molar-refractivity contribution >= 4 is 22.4 Å². The Morgan fingerprint density at radius 3 is 2.68 bits per heavy atom. The molecule has 0 spiro atoms. The van der Waals surface area contributed by atoms with E-state index >= 15 is 0 Å². The van der Waals surface area contributed by atoms with Gasteiger partial charge in [-0.25, -0.2) is 4.98 Å². The smallest absolute Gasteiger partial charge is 0.236 e. The zero-order chi connectivity index (χ0) is 19.1. The molecule has 7 heteroatoms. The molecule has 1 aliphatic heterocycles. The molecule has 0 unspecified atom stereocenters. The minimum atomic E-state index is -0.507. The van der Waals surface area contributed by atoms with E-state index in [4.69, 9.17) is 14.2 Å². The summed E-state index contributed by atoms with van der Waals surface area (Å²) in [7, 11) is 1.64. The van der Waals surface area contributed by atoms with Crippen molar-refractivity contribution in [2.75, 3.05) is 19.2 Å². The van der Waals surface area contributed by atoms with Crippen LogP contribution in [-0.2, 0) is 10.2 Å². The number of hydrogen-bond donors (Lipinski definition) is 1. The van der Waals surface area contributed by atoms with Gasteiger partial charge in [0.1, 0.15) is 5.75 Å². The van der Waals surface area contributed by atoms with Gasteiger partial charge < -0.3 is 19.5 Å². The molecule has 2 aromatic carbocycles.